The number of carbonyl (C=O) groups excluding carboxylic acids is 7. The van der Waals surface area contributed by atoms with Crippen LogP contribution < -0.4 is 32.3 Å². The lowest BCUT2D eigenvalue weighted by Crippen LogP contribution is -2.55. The molecule has 1 saturated heterocycles. The third kappa shape index (κ3) is 14.2. The number of Topliss-reactive ketones (excluding diaryl/α,β-unsaturated/α-hetero) is 1. The van der Waals surface area contributed by atoms with Gasteiger partial charge in [-0.2, -0.15) is 11.8 Å². The second kappa shape index (κ2) is 20.8. The maximum Gasteiger partial charge on any atom is 0.243 e. The predicted molar refractivity (Wildman–Crippen MR) is 195 cm³/mol. The number of benzene rings is 2. The smallest absolute Gasteiger partial charge is 0.243 e. The summed E-state index contributed by atoms with van der Waals surface area (Å²) in [7, 11) is 0. The Hall–Kier alpha value is -4.72. The van der Waals surface area contributed by atoms with Crippen molar-refractivity contribution in [3.8, 4) is 0 Å². The van der Waals surface area contributed by atoms with Crippen molar-refractivity contribution >= 4 is 53.0 Å². The molecule has 14 heteroatoms. The summed E-state index contributed by atoms with van der Waals surface area (Å²) in [5.74, 6) is -2.84. The van der Waals surface area contributed by atoms with Gasteiger partial charge in [-0.3, -0.25) is 33.6 Å². The first-order valence-corrected chi connectivity index (χ1v) is 18.6. The standard InChI is InChI=1S/C37H50N6O7S/c1-23(2)20-29(36(49)41-26(34(38)47)18-19-51-3)40-33(46)17-15-31(44)28(21-24-10-6-4-7-11-24)42-37(50)30(22-25-12-8-5-9-13-25)43-35(48)27-14-16-32(45)39-27/h4-13,23,26-30H,14-22H2,1-3H3,(H2,38,47)(H,39,45)(H,40,46)(H,41,49)(H,42,50)(H,43,48)/t26-,27-,28-,29-,30-/m0/s1. The molecule has 1 aliphatic heterocycles. The molecule has 0 spiro atoms. The molecule has 276 valence electrons. The zero-order valence-corrected chi connectivity index (χ0v) is 30.3. The van der Waals surface area contributed by atoms with E-state index in [1.165, 1.54) is 11.8 Å². The molecule has 13 nitrogen and oxygen atoms in total. The topological polar surface area (TPSA) is 206 Å². The van der Waals surface area contributed by atoms with E-state index in [0.717, 1.165) is 11.1 Å². The number of thioether (sulfide) groups is 1. The largest absolute Gasteiger partial charge is 0.368 e. The van der Waals surface area contributed by atoms with Crippen molar-refractivity contribution in [3.63, 3.8) is 0 Å². The van der Waals surface area contributed by atoms with Crippen LogP contribution >= 0.6 is 11.8 Å². The Labute approximate surface area is 303 Å². The molecule has 0 aliphatic carbocycles. The number of nitrogens with one attached hydrogen (secondary N) is 5. The van der Waals surface area contributed by atoms with Gasteiger partial charge in [0.05, 0.1) is 6.04 Å². The first kappa shape index (κ1) is 40.7. The van der Waals surface area contributed by atoms with Crippen LogP contribution in [-0.4, -0.2) is 83.4 Å². The van der Waals surface area contributed by atoms with Crippen molar-refractivity contribution in [1.29, 1.82) is 0 Å². The van der Waals surface area contributed by atoms with Crippen LogP contribution in [0.15, 0.2) is 60.7 Å². The Morgan fingerprint density at radius 3 is 1.88 bits per heavy atom. The van der Waals surface area contributed by atoms with Gasteiger partial charge >= 0.3 is 0 Å². The molecular weight excluding hydrogens is 673 g/mol. The molecule has 0 aromatic heterocycles. The zero-order chi connectivity index (χ0) is 37.3. The first-order valence-electron chi connectivity index (χ1n) is 17.2. The summed E-state index contributed by atoms with van der Waals surface area (Å²) in [6.45, 7) is 3.78. The van der Waals surface area contributed by atoms with Crippen LogP contribution in [-0.2, 0) is 46.4 Å². The van der Waals surface area contributed by atoms with E-state index in [2.05, 4.69) is 26.6 Å². The fourth-order valence-electron chi connectivity index (χ4n) is 5.68. The van der Waals surface area contributed by atoms with E-state index in [1.54, 1.807) is 0 Å². The summed E-state index contributed by atoms with van der Waals surface area (Å²) in [5.41, 5.74) is 7.04. The van der Waals surface area contributed by atoms with Crippen LogP contribution in [0.25, 0.3) is 0 Å². The van der Waals surface area contributed by atoms with Gasteiger partial charge in [0.15, 0.2) is 5.78 Å². The van der Waals surface area contributed by atoms with Crippen LogP contribution in [0.4, 0.5) is 0 Å². The third-order valence-corrected chi connectivity index (χ3v) is 9.09. The second-order valence-electron chi connectivity index (χ2n) is 13.1. The molecule has 2 aromatic carbocycles. The molecule has 0 radical (unpaired) electrons. The number of primary amides is 1. The molecule has 1 heterocycles. The van der Waals surface area contributed by atoms with Gasteiger partial charge in [-0.1, -0.05) is 74.5 Å². The summed E-state index contributed by atoms with van der Waals surface area (Å²) in [5, 5.41) is 13.5. The molecule has 51 heavy (non-hydrogen) atoms. The summed E-state index contributed by atoms with van der Waals surface area (Å²) in [6.07, 6.45) is 2.83. The molecule has 0 saturated carbocycles. The van der Waals surface area contributed by atoms with Crippen LogP contribution in [0.5, 0.6) is 0 Å². The average Bonchev–Trinajstić information content (AvgIpc) is 3.54. The van der Waals surface area contributed by atoms with E-state index >= 15 is 0 Å². The van der Waals surface area contributed by atoms with Crippen molar-refractivity contribution in [2.75, 3.05) is 12.0 Å². The van der Waals surface area contributed by atoms with E-state index < -0.39 is 65.5 Å². The molecule has 3 rings (SSSR count). The molecule has 0 unspecified atom stereocenters. The van der Waals surface area contributed by atoms with Crippen molar-refractivity contribution in [2.24, 2.45) is 11.7 Å². The first-order chi connectivity index (χ1) is 24.4. The fourth-order valence-corrected chi connectivity index (χ4v) is 6.15. The Bertz CT molecular complexity index is 1510. The quantitative estimate of drug-likeness (QED) is 0.111. The Kier molecular flexibility index (Phi) is 16.6. The zero-order valence-electron chi connectivity index (χ0n) is 29.4. The number of amides is 6. The van der Waals surface area contributed by atoms with Gasteiger partial charge in [0.2, 0.25) is 35.4 Å². The maximum absolute atomic E-state index is 13.8. The summed E-state index contributed by atoms with van der Waals surface area (Å²) in [6, 6.07) is 13.5. The predicted octanol–water partition coefficient (Wildman–Crippen LogP) is 1.32. The second-order valence-corrected chi connectivity index (χ2v) is 14.1. The number of rotatable bonds is 21. The van der Waals surface area contributed by atoms with Crippen molar-refractivity contribution in [2.45, 2.75) is 95.4 Å². The Balaban J connectivity index is 1.73. The lowest BCUT2D eigenvalue weighted by atomic mass is 9.97. The maximum atomic E-state index is 13.8. The van der Waals surface area contributed by atoms with E-state index in [1.807, 2.05) is 80.8 Å². The highest BCUT2D eigenvalue weighted by Gasteiger charge is 2.33. The van der Waals surface area contributed by atoms with Gasteiger partial charge in [-0.15, -0.1) is 0 Å². The summed E-state index contributed by atoms with van der Waals surface area (Å²) < 4.78 is 0. The van der Waals surface area contributed by atoms with Gasteiger partial charge in [0, 0.05) is 25.7 Å². The number of ketones is 1. The fraction of sp³-hybridized carbons (Fsp3) is 0.486. The van der Waals surface area contributed by atoms with Gasteiger partial charge < -0.3 is 32.3 Å². The molecule has 5 atom stereocenters. The van der Waals surface area contributed by atoms with Crippen LogP contribution in [0.3, 0.4) is 0 Å². The highest BCUT2D eigenvalue weighted by molar-refractivity contribution is 7.98. The Morgan fingerprint density at radius 1 is 0.784 bits per heavy atom. The minimum Gasteiger partial charge on any atom is -0.368 e. The molecule has 1 fully saturated rings. The minimum atomic E-state index is -1.05. The van der Waals surface area contributed by atoms with Crippen molar-refractivity contribution < 1.29 is 33.6 Å². The third-order valence-electron chi connectivity index (χ3n) is 8.44. The number of hydrogen-bond donors (Lipinski definition) is 6. The molecular formula is C37H50N6O7S. The lowest BCUT2D eigenvalue weighted by molar-refractivity contribution is -0.133. The SMILES string of the molecule is CSCC[C@H](NC(=O)[C@H](CC(C)C)NC(=O)CCC(=O)[C@H](Cc1ccccc1)NC(=O)[C@H](Cc1ccccc1)NC(=O)[C@@H]1CCC(=O)N1)C(N)=O. The minimum absolute atomic E-state index is 0.0284. The summed E-state index contributed by atoms with van der Waals surface area (Å²) >= 11 is 1.51. The van der Waals surface area contributed by atoms with E-state index in [-0.39, 0.29) is 43.9 Å². The molecule has 7 N–H and O–H groups in total. The van der Waals surface area contributed by atoms with E-state index in [4.69, 9.17) is 5.73 Å². The van der Waals surface area contributed by atoms with Crippen LogP contribution in [0, 0.1) is 5.92 Å². The average molecular weight is 723 g/mol. The molecule has 0 bridgehead atoms. The van der Waals surface area contributed by atoms with Crippen molar-refractivity contribution in [3.05, 3.63) is 71.8 Å². The lowest BCUT2D eigenvalue weighted by Gasteiger charge is -2.25. The van der Waals surface area contributed by atoms with Gasteiger partial charge in [-0.25, -0.2) is 0 Å². The monoisotopic (exact) mass is 722 g/mol. The number of nitrogens with two attached hydrogens (primary N) is 1. The highest BCUT2D eigenvalue weighted by Crippen LogP contribution is 2.13. The van der Waals surface area contributed by atoms with Gasteiger partial charge in [-0.05, 0) is 54.7 Å². The van der Waals surface area contributed by atoms with E-state index in [0.29, 0.717) is 25.0 Å². The molecule has 2 aromatic rings. The van der Waals surface area contributed by atoms with E-state index in [9.17, 15) is 33.6 Å². The van der Waals surface area contributed by atoms with Crippen LogP contribution in [0.1, 0.15) is 63.5 Å². The number of carbonyl (C=O) groups is 7. The normalized spacial score (nSPS) is 16.2. The van der Waals surface area contributed by atoms with Gasteiger partial charge in [0.25, 0.3) is 0 Å². The van der Waals surface area contributed by atoms with Gasteiger partial charge in [0.1, 0.15) is 24.2 Å². The van der Waals surface area contributed by atoms with Crippen molar-refractivity contribution in [1.82, 2.24) is 26.6 Å². The Morgan fingerprint density at radius 2 is 1.35 bits per heavy atom. The highest BCUT2D eigenvalue weighted by atomic mass is 32.2. The molecule has 1 aliphatic rings. The number of hydrogen-bond acceptors (Lipinski definition) is 8. The van der Waals surface area contributed by atoms with Crippen LogP contribution in [0.2, 0.25) is 0 Å². The summed E-state index contributed by atoms with van der Waals surface area (Å²) in [4.78, 5) is 90.5. The molecule has 6 amide bonds.